The van der Waals surface area contributed by atoms with E-state index in [1.54, 1.807) is 36.4 Å². The molecule has 0 bridgehead atoms. The van der Waals surface area contributed by atoms with Crippen molar-refractivity contribution in [3.8, 4) is 17.6 Å². The van der Waals surface area contributed by atoms with Gasteiger partial charge in [0.2, 0.25) is 11.8 Å². The number of carbonyl (C=O) groups excluding carboxylic acids is 6. The van der Waals surface area contributed by atoms with Gasteiger partial charge in [0.25, 0.3) is 0 Å². The number of methoxy groups -OCH3 is 3. The molecule has 4 aliphatic heterocycles. The van der Waals surface area contributed by atoms with Crippen molar-refractivity contribution >= 4 is 52.9 Å². The Kier molecular flexibility index (Phi) is 14.4. The van der Waals surface area contributed by atoms with Crippen LogP contribution in [0.25, 0.3) is 0 Å². The monoisotopic (exact) mass is 976 g/mol. The zero-order valence-electron chi connectivity index (χ0n) is 39.7. The van der Waals surface area contributed by atoms with Crippen LogP contribution in [-0.4, -0.2) is 113 Å². The number of esters is 3. The lowest BCUT2D eigenvalue weighted by molar-refractivity contribution is -0.178. The first-order chi connectivity index (χ1) is 35.0. The molecular formula is C55H52N4O13. The number of hydrogen-bond donors (Lipinski definition) is 2. The van der Waals surface area contributed by atoms with Crippen molar-refractivity contribution in [1.82, 2.24) is 4.90 Å². The third-order valence-corrected chi connectivity index (χ3v) is 13.7. The number of aromatic hydroxyl groups is 1. The minimum Gasteiger partial charge on any atom is -0.508 e. The molecular weight excluding hydrogens is 925 g/mol. The second-order valence-corrected chi connectivity index (χ2v) is 17.6. The maximum atomic E-state index is 16.4. The van der Waals surface area contributed by atoms with Crippen molar-refractivity contribution in [2.75, 3.05) is 76.0 Å². The molecule has 3 fully saturated rings. The Hall–Kier alpha value is -8.04. The lowest BCUT2D eigenvalue weighted by atomic mass is 9.65. The van der Waals surface area contributed by atoms with Crippen molar-refractivity contribution in [1.29, 1.82) is 0 Å². The number of cyclic esters (lactones) is 1. The molecule has 6 atom stereocenters. The van der Waals surface area contributed by atoms with Gasteiger partial charge in [0.1, 0.15) is 29.9 Å². The highest BCUT2D eigenvalue weighted by molar-refractivity contribution is 6.24. The number of nitrogens with zero attached hydrogens (tertiary/aromatic N) is 3. The second kappa shape index (κ2) is 21.1. The normalized spacial score (nSPS) is 22.3. The molecule has 5 aromatic rings. The fourth-order valence-electron chi connectivity index (χ4n) is 10.5. The first-order valence-corrected chi connectivity index (χ1v) is 23.4. The minimum absolute atomic E-state index is 0.00521. The summed E-state index contributed by atoms with van der Waals surface area (Å²) in [5, 5.41) is 13.8. The number of rotatable bonds is 12. The molecule has 5 aromatic carbocycles. The summed E-state index contributed by atoms with van der Waals surface area (Å²) < 4.78 is 32.6. The number of benzene rings is 5. The van der Waals surface area contributed by atoms with Gasteiger partial charge in [-0.1, -0.05) is 84.6 Å². The maximum Gasteiger partial charge on any atom is 0.421 e. The van der Waals surface area contributed by atoms with Crippen LogP contribution in [0.5, 0.6) is 5.75 Å². The van der Waals surface area contributed by atoms with E-state index in [2.05, 4.69) is 22.1 Å². The van der Waals surface area contributed by atoms with Crippen LogP contribution in [0.4, 0.5) is 21.9 Å². The summed E-state index contributed by atoms with van der Waals surface area (Å²) in [5.41, 5.74) is 1.30. The highest BCUT2D eigenvalue weighted by Crippen LogP contribution is 2.66. The van der Waals surface area contributed by atoms with E-state index >= 15 is 14.4 Å². The molecule has 72 heavy (non-hydrogen) atoms. The zero-order chi connectivity index (χ0) is 50.5. The van der Waals surface area contributed by atoms with Crippen molar-refractivity contribution in [3.05, 3.63) is 155 Å². The SMILES string of the molecule is COCCOC(=O)N1C(=O)[C@@]2(c3cc(C#CCC(C(=O)OC)C(=O)OC)ccc31)[C@H](c1ccc(O)cc1)N1[C@H](c3ccccc3)[C@H](c3ccccc3)OC(=O)[C@H]1[C@@H]2C(=O)Nc1ccc(N2CCOCC2)cc1. The van der Waals surface area contributed by atoms with E-state index in [0.717, 1.165) is 24.8 Å². The van der Waals surface area contributed by atoms with Gasteiger partial charge < -0.3 is 43.7 Å². The maximum absolute atomic E-state index is 16.4. The molecule has 1 spiro atoms. The number of morpholine rings is 2. The Morgan fingerprint density at radius 3 is 2.07 bits per heavy atom. The number of amides is 3. The molecule has 0 radical (unpaired) electrons. The molecule has 9 rings (SSSR count). The summed E-state index contributed by atoms with van der Waals surface area (Å²) >= 11 is 0. The Bertz CT molecular complexity index is 2880. The van der Waals surface area contributed by atoms with Crippen LogP contribution in [0.3, 0.4) is 0 Å². The first kappa shape index (κ1) is 49.0. The van der Waals surface area contributed by atoms with E-state index < -0.39 is 77.3 Å². The van der Waals surface area contributed by atoms with Gasteiger partial charge >= 0.3 is 24.0 Å². The molecule has 3 amide bonds. The fraction of sp³-hybridized carbons (Fsp3) is 0.309. The third-order valence-electron chi connectivity index (χ3n) is 13.7. The number of anilines is 3. The average molecular weight is 977 g/mol. The minimum atomic E-state index is -2.18. The summed E-state index contributed by atoms with van der Waals surface area (Å²) in [5.74, 6) is -1.36. The molecule has 0 saturated carbocycles. The van der Waals surface area contributed by atoms with Gasteiger partial charge in [-0.15, -0.1) is 0 Å². The number of hydrogen-bond acceptors (Lipinski definition) is 15. The van der Waals surface area contributed by atoms with Crippen molar-refractivity contribution in [2.45, 2.75) is 36.1 Å². The summed E-state index contributed by atoms with van der Waals surface area (Å²) in [6, 6.07) is 32.8. The van der Waals surface area contributed by atoms with Gasteiger partial charge in [0.15, 0.2) is 5.92 Å². The van der Waals surface area contributed by atoms with Crippen molar-refractivity contribution < 1.29 is 62.3 Å². The van der Waals surface area contributed by atoms with Gasteiger partial charge in [0, 0.05) is 43.6 Å². The number of phenolic OH excluding ortho intramolecular Hbond substituents is 1. The molecule has 0 aliphatic carbocycles. The number of imide groups is 1. The lowest BCUT2D eigenvalue weighted by Gasteiger charge is -2.46. The van der Waals surface area contributed by atoms with E-state index in [4.69, 9.17) is 28.4 Å². The van der Waals surface area contributed by atoms with Gasteiger partial charge in [-0.3, -0.25) is 28.9 Å². The van der Waals surface area contributed by atoms with Gasteiger partial charge in [-0.25, -0.2) is 9.69 Å². The zero-order valence-corrected chi connectivity index (χ0v) is 39.7. The molecule has 4 heterocycles. The lowest BCUT2D eigenvalue weighted by Crippen LogP contribution is -2.54. The predicted octanol–water partition coefficient (Wildman–Crippen LogP) is 6.02. The number of ether oxygens (including phenoxy) is 6. The van der Waals surface area contributed by atoms with E-state index in [1.165, 1.54) is 25.3 Å². The van der Waals surface area contributed by atoms with E-state index in [-0.39, 0.29) is 42.2 Å². The molecule has 17 heteroatoms. The molecule has 4 aliphatic rings. The Morgan fingerprint density at radius 2 is 1.43 bits per heavy atom. The molecule has 17 nitrogen and oxygen atoms in total. The number of carbonyl (C=O) groups is 6. The number of nitrogens with one attached hydrogen (secondary N) is 1. The number of fused-ring (bicyclic) bond motifs is 3. The second-order valence-electron chi connectivity index (χ2n) is 17.6. The van der Waals surface area contributed by atoms with E-state index in [0.29, 0.717) is 48.7 Å². The van der Waals surface area contributed by atoms with E-state index in [9.17, 15) is 19.5 Å². The smallest absolute Gasteiger partial charge is 0.421 e. The number of phenols is 1. The molecule has 2 N–H and O–H groups in total. The van der Waals surface area contributed by atoms with Crippen LogP contribution in [0.1, 0.15) is 52.4 Å². The molecule has 0 aromatic heterocycles. The van der Waals surface area contributed by atoms with Crippen LogP contribution < -0.4 is 15.1 Å². The topological polar surface area (TPSA) is 200 Å². The summed E-state index contributed by atoms with van der Waals surface area (Å²) in [6.45, 7) is 2.26. The summed E-state index contributed by atoms with van der Waals surface area (Å²) in [4.78, 5) is 92.4. The third kappa shape index (κ3) is 9.00. The highest BCUT2D eigenvalue weighted by Gasteiger charge is 2.75. The van der Waals surface area contributed by atoms with Crippen LogP contribution in [0.15, 0.2) is 127 Å². The van der Waals surface area contributed by atoms with Crippen LogP contribution in [0, 0.1) is 23.7 Å². The predicted molar refractivity (Wildman–Crippen MR) is 260 cm³/mol. The van der Waals surface area contributed by atoms with Crippen LogP contribution in [0.2, 0.25) is 0 Å². The molecule has 3 saturated heterocycles. The van der Waals surface area contributed by atoms with E-state index in [1.807, 2.05) is 77.7 Å². The Balaban J connectivity index is 1.30. The Morgan fingerprint density at radius 1 is 0.778 bits per heavy atom. The standard InChI is InChI=1S/C55H52N4O13/c1-67-31-32-71-54(66)58-43-26-17-34(11-10-16-41(50(62)68-2)51(63)69-3)33-42(43)55(53(58)65)44(49(61)56-38-20-22-39(23-21-38)57-27-29-70-30-28-57)46-52(64)72-47(36-14-8-5-9-15-36)45(35-12-6-4-7-13-35)59(46)48(55)37-18-24-40(60)25-19-37/h4-9,12-15,17-26,33,41,44-48,60H,16,27-32H2,1-3H3,(H,56,61)/t44-,45-,46-,47+,48+,55-/m1/s1. The highest BCUT2D eigenvalue weighted by atomic mass is 16.6. The molecule has 0 unspecified atom stereocenters. The quantitative estimate of drug-likeness (QED) is 0.0483. The van der Waals surface area contributed by atoms with Gasteiger partial charge in [0.05, 0.1) is 57.7 Å². The van der Waals surface area contributed by atoms with Crippen molar-refractivity contribution in [3.63, 3.8) is 0 Å². The fourth-order valence-corrected chi connectivity index (χ4v) is 10.5. The average Bonchev–Trinajstić information content (AvgIpc) is 3.87. The van der Waals surface area contributed by atoms with Gasteiger partial charge in [-0.05, 0) is 76.9 Å². The molecule has 370 valence electrons. The van der Waals surface area contributed by atoms with Crippen molar-refractivity contribution in [2.24, 2.45) is 11.8 Å². The largest absolute Gasteiger partial charge is 0.508 e. The summed E-state index contributed by atoms with van der Waals surface area (Å²) in [7, 11) is 3.71. The summed E-state index contributed by atoms with van der Waals surface area (Å²) in [6.07, 6.45) is -2.35. The van der Waals surface area contributed by atoms with Gasteiger partial charge in [-0.2, -0.15) is 0 Å². The van der Waals surface area contributed by atoms with Crippen LogP contribution in [-0.2, 0) is 57.8 Å². The first-order valence-electron chi connectivity index (χ1n) is 23.4. The van der Waals surface area contributed by atoms with Crippen LogP contribution >= 0.6 is 0 Å². The Labute approximate surface area is 415 Å².